The zero-order valence-electron chi connectivity index (χ0n) is 10.6. The van der Waals surface area contributed by atoms with Crippen LogP contribution in [0.5, 0.6) is 0 Å². The molecule has 2 aliphatic heterocycles. The van der Waals surface area contributed by atoms with Crippen molar-refractivity contribution in [3.05, 3.63) is 18.2 Å². The number of aromatic nitrogens is 2. The lowest BCUT2D eigenvalue weighted by Crippen LogP contribution is -2.48. The van der Waals surface area contributed by atoms with Crippen LogP contribution in [0.3, 0.4) is 0 Å². The molecule has 2 amide bonds. The number of amides is 2. The maximum atomic E-state index is 12.2. The lowest BCUT2D eigenvalue weighted by atomic mass is 10.00. The van der Waals surface area contributed by atoms with E-state index in [-0.39, 0.29) is 6.42 Å². The number of hydrogen-bond acceptors (Lipinski definition) is 5. The van der Waals surface area contributed by atoms with Gasteiger partial charge in [-0.1, -0.05) is 0 Å². The van der Waals surface area contributed by atoms with Gasteiger partial charge < -0.3 is 15.4 Å². The summed E-state index contributed by atoms with van der Waals surface area (Å²) in [6.45, 7) is 0.865. The number of imide groups is 1. The van der Waals surface area contributed by atoms with Crippen molar-refractivity contribution in [1.29, 1.82) is 0 Å². The Morgan fingerprint density at radius 2 is 2.05 bits per heavy atom. The maximum absolute atomic E-state index is 12.2. The third-order valence-corrected chi connectivity index (χ3v) is 3.89. The number of fused-ring (bicyclic) bond motifs is 1. The van der Waals surface area contributed by atoms with Gasteiger partial charge in [0.1, 0.15) is 6.04 Å². The molecule has 3 N–H and O–H groups in total. The highest BCUT2D eigenvalue weighted by Crippen LogP contribution is 2.31. The van der Waals surface area contributed by atoms with E-state index in [1.165, 1.54) is 12.5 Å². The number of aromatic amines is 1. The second kappa shape index (κ2) is 4.71. The Labute approximate surface area is 114 Å². The van der Waals surface area contributed by atoms with Gasteiger partial charge in [-0.25, -0.2) is 9.78 Å². The molecule has 1 aromatic rings. The largest absolute Gasteiger partial charge is 0.480 e. The first kappa shape index (κ1) is 12.8. The summed E-state index contributed by atoms with van der Waals surface area (Å²) in [6, 6.07) is -1.18. The molecule has 3 atom stereocenters. The molecule has 0 unspecified atom stereocenters. The fourth-order valence-corrected chi connectivity index (χ4v) is 2.86. The number of carbonyl (C=O) groups is 3. The number of likely N-dealkylation sites (tertiary alicyclic amines) is 1. The molecule has 2 saturated heterocycles. The molecule has 0 aliphatic carbocycles. The minimum atomic E-state index is -1.19. The Morgan fingerprint density at radius 1 is 1.40 bits per heavy atom. The van der Waals surface area contributed by atoms with Crippen molar-refractivity contribution in [2.24, 2.45) is 11.8 Å². The molecular weight excluding hydrogens is 264 g/mol. The van der Waals surface area contributed by atoms with Crippen molar-refractivity contribution in [3.63, 3.8) is 0 Å². The number of rotatable bonds is 4. The second-order valence-corrected chi connectivity index (χ2v) is 5.05. The van der Waals surface area contributed by atoms with Gasteiger partial charge in [0, 0.05) is 31.4 Å². The number of carboxylic acid groups (broad SMARTS) is 1. The molecule has 0 saturated carbocycles. The van der Waals surface area contributed by atoms with Gasteiger partial charge in [-0.2, -0.15) is 0 Å². The van der Waals surface area contributed by atoms with Crippen LogP contribution in [0.25, 0.3) is 0 Å². The molecule has 1 aromatic heterocycles. The van der Waals surface area contributed by atoms with Gasteiger partial charge in [-0.3, -0.25) is 14.5 Å². The van der Waals surface area contributed by atoms with Gasteiger partial charge in [0.05, 0.1) is 18.2 Å². The highest BCUT2D eigenvalue weighted by molar-refractivity contribution is 6.08. The molecule has 8 nitrogen and oxygen atoms in total. The SMILES string of the molecule is O=C(O)[C@H](Cc1cnc[nH]1)N1C(=O)[C@H]2CNC[C@H]2C1=O. The normalized spacial score (nSPS) is 26.9. The molecule has 20 heavy (non-hydrogen) atoms. The summed E-state index contributed by atoms with van der Waals surface area (Å²) in [5.74, 6) is -2.82. The lowest BCUT2D eigenvalue weighted by molar-refractivity contribution is -0.155. The molecule has 106 valence electrons. The van der Waals surface area contributed by atoms with Gasteiger partial charge in [0.2, 0.25) is 11.8 Å². The second-order valence-electron chi connectivity index (χ2n) is 5.05. The summed E-state index contributed by atoms with van der Waals surface area (Å²) >= 11 is 0. The monoisotopic (exact) mass is 278 g/mol. The fraction of sp³-hybridized carbons (Fsp3) is 0.500. The number of nitrogens with one attached hydrogen (secondary N) is 2. The predicted molar refractivity (Wildman–Crippen MR) is 65.4 cm³/mol. The molecular formula is C12H14N4O4. The summed E-state index contributed by atoms with van der Waals surface area (Å²) in [5.41, 5.74) is 0.577. The van der Waals surface area contributed by atoms with Gasteiger partial charge >= 0.3 is 5.97 Å². The quantitative estimate of drug-likeness (QED) is 0.584. The van der Waals surface area contributed by atoms with Crippen molar-refractivity contribution in [3.8, 4) is 0 Å². The van der Waals surface area contributed by atoms with E-state index >= 15 is 0 Å². The summed E-state index contributed by atoms with van der Waals surface area (Å²) in [6.07, 6.45) is 2.96. The summed E-state index contributed by atoms with van der Waals surface area (Å²) in [7, 11) is 0. The first-order valence-corrected chi connectivity index (χ1v) is 6.37. The Morgan fingerprint density at radius 3 is 2.55 bits per heavy atom. The predicted octanol–water partition coefficient (Wildman–Crippen LogP) is -1.39. The molecule has 8 heteroatoms. The molecule has 3 heterocycles. The number of nitrogens with zero attached hydrogens (tertiary/aromatic N) is 2. The Bertz CT molecular complexity index is 534. The van der Waals surface area contributed by atoms with Crippen LogP contribution < -0.4 is 5.32 Å². The average molecular weight is 278 g/mol. The highest BCUT2D eigenvalue weighted by Gasteiger charge is 2.53. The molecule has 0 bridgehead atoms. The van der Waals surface area contributed by atoms with Crippen LogP contribution in [0.2, 0.25) is 0 Å². The number of imidazole rings is 1. The zero-order valence-corrected chi connectivity index (χ0v) is 10.6. The first-order chi connectivity index (χ1) is 9.59. The van der Waals surface area contributed by atoms with Crippen LogP contribution in [0.1, 0.15) is 5.69 Å². The van der Waals surface area contributed by atoms with E-state index in [1.54, 1.807) is 0 Å². The standard InChI is InChI=1S/C12H14N4O4/c17-10-7-3-13-4-8(7)11(18)16(10)9(12(19)20)1-6-2-14-5-15-6/h2,5,7-9,13H,1,3-4H2,(H,14,15)(H,19,20)/t7-,8+,9-/m0/s1. The fourth-order valence-electron chi connectivity index (χ4n) is 2.86. The third kappa shape index (κ3) is 1.88. The van der Waals surface area contributed by atoms with E-state index < -0.39 is 35.7 Å². The van der Waals surface area contributed by atoms with Gasteiger partial charge in [0.25, 0.3) is 0 Å². The molecule has 0 spiro atoms. The highest BCUT2D eigenvalue weighted by atomic mass is 16.4. The van der Waals surface area contributed by atoms with Crippen LogP contribution in [0.15, 0.2) is 12.5 Å². The van der Waals surface area contributed by atoms with E-state index in [2.05, 4.69) is 15.3 Å². The summed E-state index contributed by atoms with van der Waals surface area (Å²) in [5, 5.41) is 12.3. The Balaban J connectivity index is 1.86. The summed E-state index contributed by atoms with van der Waals surface area (Å²) < 4.78 is 0. The molecule has 0 radical (unpaired) electrons. The van der Waals surface area contributed by atoms with Crippen molar-refractivity contribution >= 4 is 17.8 Å². The van der Waals surface area contributed by atoms with Crippen LogP contribution in [0.4, 0.5) is 0 Å². The topological polar surface area (TPSA) is 115 Å². The Hall–Kier alpha value is -2.22. The van der Waals surface area contributed by atoms with Crippen molar-refractivity contribution in [1.82, 2.24) is 20.2 Å². The van der Waals surface area contributed by atoms with Crippen LogP contribution in [-0.2, 0) is 20.8 Å². The summed E-state index contributed by atoms with van der Waals surface area (Å²) in [4.78, 5) is 43.4. The van der Waals surface area contributed by atoms with E-state index in [1.807, 2.05) is 0 Å². The number of carboxylic acids is 1. The molecule has 3 rings (SSSR count). The van der Waals surface area contributed by atoms with E-state index in [4.69, 9.17) is 0 Å². The van der Waals surface area contributed by atoms with Crippen molar-refractivity contribution in [2.75, 3.05) is 13.1 Å². The lowest BCUT2D eigenvalue weighted by Gasteiger charge is -2.23. The van der Waals surface area contributed by atoms with E-state index in [0.29, 0.717) is 18.8 Å². The maximum Gasteiger partial charge on any atom is 0.327 e. The number of aliphatic carboxylic acids is 1. The minimum absolute atomic E-state index is 0.0414. The number of H-pyrrole nitrogens is 1. The number of carbonyl (C=O) groups excluding carboxylic acids is 2. The van der Waals surface area contributed by atoms with Crippen LogP contribution in [-0.4, -0.2) is 56.9 Å². The third-order valence-electron chi connectivity index (χ3n) is 3.89. The van der Waals surface area contributed by atoms with Gasteiger partial charge in [-0.05, 0) is 0 Å². The van der Waals surface area contributed by atoms with Crippen molar-refractivity contribution < 1.29 is 19.5 Å². The smallest absolute Gasteiger partial charge is 0.327 e. The first-order valence-electron chi connectivity index (χ1n) is 6.37. The van der Waals surface area contributed by atoms with Crippen molar-refractivity contribution in [2.45, 2.75) is 12.5 Å². The molecule has 2 aliphatic rings. The van der Waals surface area contributed by atoms with Gasteiger partial charge in [0.15, 0.2) is 0 Å². The zero-order chi connectivity index (χ0) is 14.3. The average Bonchev–Trinajstić information content (AvgIpc) is 3.10. The van der Waals surface area contributed by atoms with Crippen LogP contribution in [0, 0.1) is 11.8 Å². The minimum Gasteiger partial charge on any atom is -0.480 e. The van der Waals surface area contributed by atoms with E-state index in [9.17, 15) is 19.5 Å². The van der Waals surface area contributed by atoms with E-state index in [0.717, 1.165) is 4.90 Å². The van der Waals surface area contributed by atoms with Gasteiger partial charge in [-0.15, -0.1) is 0 Å². The van der Waals surface area contributed by atoms with Crippen LogP contribution >= 0.6 is 0 Å². The molecule has 0 aromatic carbocycles. The Kier molecular flexibility index (Phi) is 3.01. The molecule has 2 fully saturated rings. The number of hydrogen-bond donors (Lipinski definition) is 3.